The van der Waals surface area contributed by atoms with Gasteiger partial charge in [0, 0.05) is 42.7 Å². The van der Waals surface area contributed by atoms with E-state index in [1.165, 1.54) is 29.7 Å². The summed E-state index contributed by atoms with van der Waals surface area (Å²) in [5, 5.41) is 10.8. The molecule has 1 spiro atoms. The van der Waals surface area contributed by atoms with Crippen molar-refractivity contribution in [2.24, 2.45) is 0 Å². The molecular weight excluding hydrogens is 490 g/mol. The van der Waals surface area contributed by atoms with Crippen molar-refractivity contribution in [2.45, 2.75) is 25.2 Å². The molecule has 0 saturated carbocycles. The molecule has 2 aliphatic heterocycles. The SMILES string of the molecule is CC(=O)N1CCC2(C1)CN(C(=O)Cc1ncc(Oc3cccc(C(=O)O)c3)s1)c1ccc(Cl)cc12. The molecule has 0 bridgehead atoms. The lowest BCUT2D eigenvalue weighted by Gasteiger charge is -2.25. The lowest BCUT2D eigenvalue weighted by Crippen LogP contribution is -2.40. The number of aromatic nitrogens is 1. The standard InChI is InChI=1S/C25H22ClN3O5S/c1-15(30)28-8-7-25(13-28)14-29(20-6-5-17(26)10-19(20)25)22(31)11-21-27-12-23(35-21)34-18-4-2-3-16(9-18)24(32)33/h2-6,9-10,12H,7-8,11,13-14H2,1H3,(H,32,33). The number of fused-ring (bicyclic) bond motifs is 2. The molecule has 180 valence electrons. The van der Waals surface area contributed by atoms with Gasteiger partial charge in [-0.2, -0.15) is 0 Å². The number of carbonyl (C=O) groups excluding carboxylic acids is 2. The molecule has 8 nitrogen and oxygen atoms in total. The molecule has 1 saturated heterocycles. The molecule has 1 fully saturated rings. The Morgan fingerprint density at radius 2 is 2.03 bits per heavy atom. The second-order valence-corrected chi connectivity index (χ2v) is 10.3. The van der Waals surface area contributed by atoms with E-state index in [2.05, 4.69) is 4.98 Å². The van der Waals surface area contributed by atoms with E-state index in [4.69, 9.17) is 21.4 Å². The van der Waals surface area contributed by atoms with Crippen molar-refractivity contribution in [3.8, 4) is 10.8 Å². The number of likely N-dealkylation sites (tertiary alicyclic amines) is 1. The maximum Gasteiger partial charge on any atom is 0.335 e. The van der Waals surface area contributed by atoms with Gasteiger partial charge < -0.3 is 19.6 Å². The van der Waals surface area contributed by atoms with Gasteiger partial charge in [0.2, 0.25) is 16.9 Å². The third kappa shape index (κ3) is 4.49. The molecule has 1 aromatic heterocycles. The van der Waals surface area contributed by atoms with E-state index < -0.39 is 5.97 Å². The van der Waals surface area contributed by atoms with Crippen molar-refractivity contribution in [1.82, 2.24) is 9.88 Å². The van der Waals surface area contributed by atoms with Crippen LogP contribution in [0.1, 0.15) is 34.3 Å². The summed E-state index contributed by atoms with van der Waals surface area (Å²) in [5.74, 6) is -0.723. The molecule has 2 aromatic carbocycles. The van der Waals surface area contributed by atoms with E-state index >= 15 is 0 Å². The first-order valence-corrected chi connectivity index (χ1v) is 12.3. The number of anilines is 1. The van der Waals surface area contributed by atoms with Crippen LogP contribution in [0.3, 0.4) is 0 Å². The largest absolute Gasteiger partial charge is 0.478 e. The highest BCUT2D eigenvalue weighted by atomic mass is 35.5. The highest BCUT2D eigenvalue weighted by molar-refractivity contribution is 7.13. The Kier molecular flexibility index (Phi) is 5.98. The number of nitrogens with zero attached hydrogens (tertiary/aromatic N) is 3. The third-order valence-electron chi connectivity index (χ3n) is 6.52. The number of benzene rings is 2. The summed E-state index contributed by atoms with van der Waals surface area (Å²) in [5.41, 5.74) is 1.62. The van der Waals surface area contributed by atoms with Crippen LogP contribution in [0.25, 0.3) is 0 Å². The second-order valence-electron chi connectivity index (χ2n) is 8.80. The van der Waals surface area contributed by atoms with Crippen LogP contribution < -0.4 is 9.64 Å². The van der Waals surface area contributed by atoms with Gasteiger partial charge in [-0.05, 0) is 48.4 Å². The number of rotatable bonds is 5. The van der Waals surface area contributed by atoms with Crippen molar-refractivity contribution < 1.29 is 24.2 Å². The zero-order valence-corrected chi connectivity index (χ0v) is 20.4. The number of aromatic carboxylic acids is 1. The van der Waals surface area contributed by atoms with E-state index in [1.807, 2.05) is 17.0 Å². The van der Waals surface area contributed by atoms with Gasteiger partial charge in [-0.3, -0.25) is 9.59 Å². The van der Waals surface area contributed by atoms with Gasteiger partial charge in [-0.1, -0.05) is 29.0 Å². The van der Waals surface area contributed by atoms with Crippen molar-refractivity contribution in [1.29, 1.82) is 0 Å². The number of carboxylic acids is 1. The zero-order chi connectivity index (χ0) is 24.7. The van der Waals surface area contributed by atoms with Gasteiger partial charge in [0.25, 0.3) is 0 Å². The van der Waals surface area contributed by atoms with Gasteiger partial charge in [0.05, 0.1) is 18.2 Å². The van der Waals surface area contributed by atoms with Crippen LogP contribution >= 0.6 is 22.9 Å². The zero-order valence-electron chi connectivity index (χ0n) is 18.9. The summed E-state index contributed by atoms with van der Waals surface area (Å²) >= 11 is 7.54. The highest BCUT2D eigenvalue weighted by Crippen LogP contribution is 2.47. The number of hydrogen-bond donors (Lipinski definition) is 1. The molecule has 3 heterocycles. The first-order valence-electron chi connectivity index (χ1n) is 11.1. The van der Waals surface area contributed by atoms with Crippen LogP contribution in [0.2, 0.25) is 5.02 Å². The average Bonchev–Trinajstić information content (AvgIpc) is 3.53. The number of carbonyl (C=O) groups is 3. The maximum atomic E-state index is 13.4. The number of hydrogen-bond acceptors (Lipinski definition) is 6. The predicted octanol–water partition coefficient (Wildman–Crippen LogP) is 4.37. The quantitative estimate of drug-likeness (QED) is 0.546. The van der Waals surface area contributed by atoms with E-state index in [9.17, 15) is 14.4 Å². The summed E-state index contributed by atoms with van der Waals surface area (Å²) in [6.45, 7) is 3.27. The molecule has 2 amide bonds. The van der Waals surface area contributed by atoms with Crippen LogP contribution in [0.5, 0.6) is 10.8 Å². The molecule has 35 heavy (non-hydrogen) atoms. The van der Waals surface area contributed by atoms with E-state index in [-0.39, 0.29) is 29.2 Å². The van der Waals surface area contributed by atoms with Crippen molar-refractivity contribution in [3.63, 3.8) is 0 Å². The second kappa shape index (κ2) is 8.98. The van der Waals surface area contributed by atoms with Crippen molar-refractivity contribution in [2.75, 3.05) is 24.5 Å². The average molecular weight is 512 g/mol. The fourth-order valence-electron chi connectivity index (χ4n) is 4.81. The number of halogens is 1. The lowest BCUT2D eigenvalue weighted by atomic mass is 9.81. The molecule has 0 aliphatic carbocycles. The van der Waals surface area contributed by atoms with E-state index in [0.29, 0.717) is 40.5 Å². The Hall–Kier alpha value is -3.43. The summed E-state index contributed by atoms with van der Waals surface area (Å²) < 4.78 is 5.75. The van der Waals surface area contributed by atoms with Gasteiger partial charge in [0.15, 0.2) is 0 Å². The first kappa shape index (κ1) is 23.3. The summed E-state index contributed by atoms with van der Waals surface area (Å²) in [7, 11) is 0. The Labute approximate surface area is 210 Å². The number of ether oxygens (including phenoxy) is 1. The first-order chi connectivity index (χ1) is 16.7. The summed E-state index contributed by atoms with van der Waals surface area (Å²) in [6.07, 6.45) is 2.40. The maximum absolute atomic E-state index is 13.4. The van der Waals surface area contributed by atoms with Gasteiger partial charge in [-0.15, -0.1) is 0 Å². The molecule has 2 aliphatic rings. The lowest BCUT2D eigenvalue weighted by molar-refractivity contribution is -0.128. The normalized spacial score (nSPS) is 18.7. The molecular formula is C25H22ClN3O5S. The minimum Gasteiger partial charge on any atom is -0.478 e. The Bertz CT molecular complexity index is 1340. The third-order valence-corrected chi connectivity index (χ3v) is 7.63. The molecule has 0 radical (unpaired) electrons. The molecule has 1 unspecified atom stereocenters. The minimum atomic E-state index is -1.04. The Balaban J connectivity index is 1.33. The van der Waals surface area contributed by atoms with Crippen LogP contribution in [0.15, 0.2) is 48.7 Å². The molecule has 3 aromatic rings. The molecule has 5 rings (SSSR count). The monoisotopic (exact) mass is 511 g/mol. The van der Waals surface area contributed by atoms with Crippen LogP contribution in [0.4, 0.5) is 5.69 Å². The van der Waals surface area contributed by atoms with Gasteiger partial charge in [-0.25, -0.2) is 9.78 Å². The van der Waals surface area contributed by atoms with E-state index in [0.717, 1.165) is 17.7 Å². The van der Waals surface area contributed by atoms with Crippen LogP contribution in [0, 0.1) is 0 Å². The minimum absolute atomic E-state index is 0.0273. The number of carboxylic acid groups (broad SMARTS) is 1. The molecule has 1 N–H and O–H groups in total. The molecule has 10 heteroatoms. The Morgan fingerprint density at radius 1 is 1.20 bits per heavy atom. The van der Waals surface area contributed by atoms with E-state index in [1.54, 1.807) is 30.0 Å². The van der Waals surface area contributed by atoms with Crippen molar-refractivity contribution >= 4 is 46.4 Å². The topological polar surface area (TPSA) is 100 Å². The smallest absolute Gasteiger partial charge is 0.335 e. The van der Waals surface area contributed by atoms with Crippen LogP contribution in [-0.2, 0) is 21.4 Å². The molecule has 1 atom stereocenters. The summed E-state index contributed by atoms with van der Waals surface area (Å²) in [6, 6.07) is 11.7. The number of thiazole rings is 1. The number of amides is 2. The predicted molar refractivity (Wildman–Crippen MR) is 132 cm³/mol. The van der Waals surface area contributed by atoms with Gasteiger partial charge in [0.1, 0.15) is 10.8 Å². The fourth-order valence-corrected chi connectivity index (χ4v) is 5.76. The Morgan fingerprint density at radius 3 is 2.77 bits per heavy atom. The fraction of sp³-hybridized carbons (Fsp3) is 0.280. The summed E-state index contributed by atoms with van der Waals surface area (Å²) in [4.78, 5) is 44.5. The highest BCUT2D eigenvalue weighted by Gasteiger charge is 2.49. The van der Waals surface area contributed by atoms with Crippen molar-refractivity contribution in [3.05, 3.63) is 69.8 Å². The van der Waals surface area contributed by atoms with Gasteiger partial charge >= 0.3 is 5.97 Å². The van der Waals surface area contributed by atoms with Crippen LogP contribution in [-0.4, -0.2) is 52.4 Å².